The molecule has 1 N–H and O–H groups in total. The summed E-state index contributed by atoms with van der Waals surface area (Å²) < 4.78 is 6.00. The zero-order chi connectivity index (χ0) is 15.1. The summed E-state index contributed by atoms with van der Waals surface area (Å²) in [4.78, 5) is 11.7. The van der Waals surface area contributed by atoms with Gasteiger partial charge in [-0.15, -0.1) is 0 Å². The van der Waals surface area contributed by atoms with Crippen molar-refractivity contribution in [3.05, 3.63) is 64.6 Å². The molecule has 2 aromatic carbocycles. The van der Waals surface area contributed by atoms with Crippen molar-refractivity contribution >= 4 is 44.4 Å². The van der Waals surface area contributed by atoms with E-state index in [0.29, 0.717) is 5.69 Å². The lowest BCUT2D eigenvalue weighted by Gasteiger charge is -2.04. The van der Waals surface area contributed by atoms with Crippen molar-refractivity contribution in [2.75, 3.05) is 5.43 Å². The van der Waals surface area contributed by atoms with E-state index in [1.54, 1.807) is 12.1 Å². The molecule has 0 atom stereocenters. The first-order valence-corrected chi connectivity index (χ1v) is 7.28. The number of anilines is 1. The van der Waals surface area contributed by atoms with Crippen molar-refractivity contribution in [3.8, 4) is 0 Å². The van der Waals surface area contributed by atoms with Crippen molar-refractivity contribution in [1.29, 1.82) is 0 Å². The van der Waals surface area contributed by atoms with E-state index in [1.165, 1.54) is 0 Å². The van der Waals surface area contributed by atoms with Crippen LogP contribution in [0.2, 0.25) is 0 Å². The summed E-state index contributed by atoms with van der Waals surface area (Å²) in [5.74, 6) is -0.676. The molecule has 0 aromatic heterocycles. The first-order chi connectivity index (χ1) is 10.1. The number of esters is 1. The minimum absolute atomic E-state index is 0.156. The second kappa shape index (κ2) is 7.81. The lowest BCUT2D eigenvalue weighted by atomic mass is 10.2. The predicted molar refractivity (Wildman–Crippen MR) is 87.3 cm³/mol. The highest BCUT2D eigenvalue weighted by Crippen LogP contribution is 2.14. The van der Waals surface area contributed by atoms with Gasteiger partial charge in [-0.25, -0.2) is 4.79 Å². The highest BCUT2D eigenvalue weighted by atomic mass is 79.9. The SMILES string of the molecule is O=C(OCc1ccccc1)/C(Cl)=N\Nc1ccc(Br)cc1. The maximum Gasteiger partial charge on any atom is 0.371 e. The van der Waals surface area contributed by atoms with E-state index in [0.717, 1.165) is 10.0 Å². The van der Waals surface area contributed by atoms with Gasteiger partial charge in [0, 0.05) is 4.47 Å². The number of carbonyl (C=O) groups excluding carboxylic acids is 1. The molecule has 0 heterocycles. The van der Waals surface area contributed by atoms with Crippen LogP contribution in [0.3, 0.4) is 0 Å². The van der Waals surface area contributed by atoms with Crippen LogP contribution >= 0.6 is 27.5 Å². The lowest BCUT2D eigenvalue weighted by molar-refractivity contribution is -0.136. The second-order valence-electron chi connectivity index (χ2n) is 4.08. The number of halogens is 2. The first-order valence-electron chi connectivity index (χ1n) is 6.11. The number of rotatable bonds is 5. The summed E-state index contributed by atoms with van der Waals surface area (Å²) in [6.07, 6.45) is 0. The Hall–Kier alpha value is -1.85. The van der Waals surface area contributed by atoms with Crippen molar-refractivity contribution in [2.45, 2.75) is 6.61 Å². The molecule has 0 fully saturated rings. The van der Waals surface area contributed by atoms with Gasteiger partial charge in [0.1, 0.15) is 6.61 Å². The van der Waals surface area contributed by atoms with Crippen LogP contribution in [-0.2, 0) is 16.1 Å². The van der Waals surface area contributed by atoms with E-state index in [1.807, 2.05) is 42.5 Å². The third-order valence-electron chi connectivity index (χ3n) is 2.51. The number of nitrogens with zero attached hydrogens (tertiary/aromatic N) is 1. The molecule has 0 saturated carbocycles. The molecule has 0 aliphatic carbocycles. The number of hydrazone groups is 1. The Kier molecular flexibility index (Phi) is 5.78. The van der Waals surface area contributed by atoms with Gasteiger partial charge in [-0.1, -0.05) is 57.9 Å². The molecular formula is C15H12BrClN2O2. The molecular weight excluding hydrogens is 356 g/mol. The van der Waals surface area contributed by atoms with Gasteiger partial charge >= 0.3 is 5.97 Å². The highest BCUT2D eigenvalue weighted by molar-refractivity contribution is 9.10. The minimum atomic E-state index is -0.676. The van der Waals surface area contributed by atoms with Gasteiger partial charge in [0.05, 0.1) is 5.69 Å². The lowest BCUT2D eigenvalue weighted by Crippen LogP contribution is -2.13. The predicted octanol–water partition coefficient (Wildman–Crippen LogP) is 4.16. The minimum Gasteiger partial charge on any atom is -0.455 e. The van der Waals surface area contributed by atoms with E-state index < -0.39 is 5.97 Å². The van der Waals surface area contributed by atoms with E-state index in [2.05, 4.69) is 26.5 Å². The van der Waals surface area contributed by atoms with Crippen molar-refractivity contribution < 1.29 is 9.53 Å². The summed E-state index contributed by atoms with van der Waals surface area (Å²) in [5.41, 5.74) is 4.29. The van der Waals surface area contributed by atoms with Crippen LogP contribution in [0.1, 0.15) is 5.56 Å². The van der Waals surface area contributed by atoms with Gasteiger partial charge in [0.2, 0.25) is 5.17 Å². The smallest absolute Gasteiger partial charge is 0.371 e. The molecule has 0 bridgehead atoms. The zero-order valence-electron chi connectivity index (χ0n) is 10.9. The molecule has 0 unspecified atom stereocenters. The Morgan fingerprint density at radius 2 is 1.81 bits per heavy atom. The Bertz CT molecular complexity index is 630. The normalized spacial score (nSPS) is 11.0. The standard InChI is InChI=1S/C15H12BrClN2O2/c16-12-6-8-13(9-7-12)18-19-14(17)15(20)21-10-11-4-2-1-3-5-11/h1-9,18H,10H2/b19-14+. The summed E-state index contributed by atoms with van der Waals surface area (Å²) in [6.45, 7) is 0.156. The molecule has 108 valence electrons. The van der Waals surface area contributed by atoms with Crippen LogP contribution in [0.15, 0.2) is 64.2 Å². The fourth-order valence-electron chi connectivity index (χ4n) is 1.47. The summed E-state index contributed by atoms with van der Waals surface area (Å²) >= 11 is 9.11. The van der Waals surface area contributed by atoms with Crippen molar-refractivity contribution in [3.63, 3.8) is 0 Å². The summed E-state index contributed by atoms with van der Waals surface area (Å²) in [7, 11) is 0. The van der Waals surface area contributed by atoms with E-state index in [9.17, 15) is 4.79 Å². The molecule has 0 aliphatic rings. The van der Waals surface area contributed by atoms with Gasteiger partial charge in [0.25, 0.3) is 0 Å². The molecule has 0 spiro atoms. The Labute approximate surface area is 135 Å². The molecule has 2 aromatic rings. The van der Waals surface area contributed by atoms with Crippen molar-refractivity contribution in [1.82, 2.24) is 0 Å². The van der Waals surface area contributed by atoms with Crippen LogP contribution in [0, 0.1) is 0 Å². The quantitative estimate of drug-likeness (QED) is 0.490. The maximum absolute atomic E-state index is 11.7. The van der Waals surface area contributed by atoms with E-state index >= 15 is 0 Å². The third-order valence-corrected chi connectivity index (χ3v) is 3.28. The molecule has 0 saturated heterocycles. The average Bonchev–Trinajstić information content (AvgIpc) is 2.52. The van der Waals surface area contributed by atoms with Crippen molar-refractivity contribution in [2.24, 2.45) is 5.10 Å². The van der Waals surface area contributed by atoms with Crippen LogP contribution in [0.5, 0.6) is 0 Å². The van der Waals surface area contributed by atoms with Gasteiger partial charge in [0.15, 0.2) is 0 Å². The van der Waals surface area contributed by atoms with Crippen LogP contribution < -0.4 is 5.43 Å². The monoisotopic (exact) mass is 366 g/mol. The van der Waals surface area contributed by atoms with Crippen LogP contribution in [0.25, 0.3) is 0 Å². The fourth-order valence-corrected chi connectivity index (χ4v) is 1.83. The van der Waals surface area contributed by atoms with Gasteiger partial charge in [-0.3, -0.25) is 5.43 Å². The number of hydrogen-bond acceptors (Lipinski definition) is 4. The molecule has 4 nitrogen and oxygen atoms in total. The largest absolute Gasteiger partial charge is 0.455 e. The Morgan fingerprint density at radius 1 is 1.14 bits per heavy atom. The third kappa shape index (κ3) is 5.21. The molecule has 6 heteroatoms. The van der Waals surface area contributed by atoms with E-state index in [4.69, 9.17) is 16.3 Å². The number of nitrogens with one attached hydrogen (secondary N) is 1. The average molecular weight is 368 g/mol. The highest BCUT2D eigenvalue weighted by Gasteiger charge is 2.10. The second-order valence-corrected chi connectivity index (χ2v) is 5.36. The Morgan fingerprint density at radius 3 is 2.48 bits per heavy atom. The van der Waals surface area contributed by atoms with Crippen LogP contribution in [-0.4, -0.2) is 11.1 Å². The number of hydrogen-bond donors (Lipinski definition) is 1. The van der Waals surface area contributed by atoms with Gasteiger partial charge < -0.3 is 4.74 Å². The summed E-state index contributed by atoms with van der Waals surface area (Å²) in [6, 6.07) is 16.6. The maximum atomic E-state index is 11.7. The fraction of sp³-hybridized carbons (Fsp3) is 0.0667. The number of carbonyl (C=O) groups is 1. The topological polar surface area (TPSA) is 50.7 Å². The van der Waals surface area contributed by atoms with Crippen LogP contribution in [0.4, 0.5) is 5.69 Å². The number of ether oxygens (including phenoxy) is 1. The summed E-state index contributed by atoms with van der Waals surface area (Å²) in [5, 5.41) is 3.52. The molecule has 2 rings (SSSR count). The zero-order valence-corrected chi connectivity index (χ0v) is 13.3. The molecule has 21 heavy (non-hydrogen) atoms. The first kappa shape index (κ1) is 15.5. The number of benzene rings is 2. The molecule has 0 radical (unpaired) electrons. The van der Waals surface area contributed by atoms with Gasteiger partial charge in [-0.05, 0) is 29.8 Å². The molecule has 0 aliphatic heterocycles. The Balaban J connectivity index is 1.86. The van der Waals surface area contributed by atoms with Gasteiger partial charge in [-0.2, -0.15) is 5.10 Å². The van der Waals surface area contributed by atoms with E-state index in [-0.39, 0.29) is 11.8 Å². The molecule has 0 amide bonds.